The Balaban J connectivity index is 1.43. The summed E-state index contributed by atoms with van der Waals surface area (Å²) in [5.41, 5.74) is 1.12. The molecule has 2 aliphatic rings. The minimum Gasteiger partial charge on any atom is -0.493 e. The molecule has 1 aliphatic heterocycles. The van der Waals surface area contributed by atoms with Crippen molar-refractivity contribution in [1.29, 1.82) is 0 Å². The van der Waals surface area contributed by atoms with E-state index in [0.29, 0.717) is 25.6 Å². The second-order valence-corrected chi connectivity index (χ2v) is 6.91. The zero-order valence-corrected chi connectivity index (χ0v) is 13.8. The number of hydrogen-bond donors (Lipinski definition) is 1. The van der Waals surface area contributed by atoms with E-state index in [-0.39, 0.29) is 6.04 Å². The first kappa shape index (κ1) is 17.5. The first-order valence-corrected chi connectivity index (χ1v) is 8.73. The molecule has 0 spiro atoms. The zero-order valence-electron chi connectivity index (χ0n) is 13.8. The van der Waals surface area contributed by atoms with Crippen molar-refractivity contribution >= 4 is 0 Å². The second kappa shape index (κ2) is 7.74. The van der Waals surface area contributed by atoms with Gasteiger partial charge >= 0.3 is 6.18 Å². The molecule has 0 amide bonds. The van der Waals surface area contributed by atoms with E-state index in [1.807, 2.05) is 24.3 Å². The quantitative estimate of drug-likeness (QED) is 0.819. The van der Waals surface area contributed by atoms with E-state index in [2.05, 4.69) is 5.32 Å². The van der Waals surface area contributed by atoms with Crippen LogP contribution in [0.5, 0.6) is 5.75 Å². The Morgan fingerprint density at radius 1 is 1.08 bits per heavy atom. The fourth-order valence-corrected chi connectivity index (χ4v) is 3.09. The zero-order chi connectivity index (χ0) is 17.0. The van der Waals surface area contributed by atoms with E-state index in [9.17, 15) is 13.2 Å². The summed E-state index contributed by atoms with van der Waals surface area (Å²) in [5.74, 6) is 1.63. The largest absolute Gasteiger partial charge is 0.493 e. The van der Waals surface area contributed by atoms with E-state index in [1.54, 1.807) is 0 Å². The van der Waals surface area contributed by atoms with Crippen LogP contribution in [-0.4, -0.2) is 43.4 Å². The molecular weight excluding hydrogens is 317 g/mol. The lowest BCUT2D eigenvalue weighted by Crippen LogP contribution is -2.45. The van der Waals surface area contributed by atoms with E-state index in [0.717, 1.165) is 30.8 Å². The summed E-state index contributed by atoms with van der Waals surface area (Å²) >= 11 is 0. The molecule has 1 saturated heterocycles. The summed E-state index contributed by atoms with van der Waals surface area (Å²) in [4.78, 5) is 1.49. The summed E-state index contributed by atoms with van der Waals surface area (Å²) < 4.78 is 43.1. The van der Waals surface area contributed by atoms with Gasteiger partial charge in [-0.05, 0) is 50.8 Å². The Hall–Kier alpha value is -1.27. The first-order chi connectivity index (χ1) is 11.5. The molecule has 6 heteroatoms. The van der Waals surface area contributed by atoms with Crippen molar-refractivity contribution in [2.24, 2.45) is 5.92 Å². The average molecular weight is 342 g/mol. The van der Waals surface area contributed by atoms with Crippen LogP contribution in [0.25, 0.3) is 0 Å². The smallest absolute Gasteiger partial charge is 0.401 e. The van der Waals surface area contributed by atoms with E-state index >= 15 is 0 Å². The normalized spacial score (nSPS) is 20.3. The highest BCUT2D eigenvalue weighted by Crippen LogP contribution is 2.30. The minimum atomic E-state index is -4.10. The van der Waals surface area contributed by atoms with Gasteiger partial charge in [0.05, 0.1) is 13.2 Å². The number of alkyl halides is 3. The fourth-order valence-electron chi connectivity index (χ4n) is 3.09. The van der Waals surface area contributed by atoms with Gasteiger partial charge in [-0.3, -0.25) is 4.90 Å². The van der Waals surface area contributed by atoms with Crippen molar-refractivity contribution in [1.82, 2.24) is 10.2 Å². The molecule has 0 atom stereocenters. The molecule has 134 valence electrons. The van der Waals surface area contributed by atoms with Gasteiger partial charge < -0.3 is 10.1 Å². The second-order valence-electron chi connectivity index (χ2n) is 6.91. The lowest BCUT2D eigenvalue weighted by molar-refractivity contribution is -0.148. The Kier molecular flexibility index (Phi) is 5.66. The van der Waals surface area contributed by atoms with E-state index in [1.165, 1.54) is 17.7 Å². The van der Waals surface area contributed by atoms with Crippen LogP contribution in [0, 0.1) is 5.92 Å². The van der Waals surface area contributed by atoms with Crippen LogP contribution in [0.4, 0.5) is 13.2 Å². The number of piperidine rings is 1. The van der Waals surface area contributed by atoms with Crippen molar-refractivity contribution in [3.05, 3.63) is 29.8 Å². The summed E-state index contributed by atoms with van der Waals surface area (Å²) in [6.07, 6.45) is -0.0751. The van der Waals surface area contributed by atoms with Gasteiger partial charge in [-0.15, -0.1) is 0 Å². The number of halogens is 3. The standard InChI is InChI=1S/C18H25F3N2O/c19-18(20,21)13-23-9-7-16(8-10-23)22-11-15-3-1-2-4-17(15)24-12-14-5-6-14/h1-4,14,16,22H,5-13H2. The van der Waals surface area contributed by atoms with Gasteiger partial charge in [0.1, 0.15) is 5.75 Å². The van der Waals surface area contributed by atoms with Crippen LogP contribution in [0.15, 0.2) is 24.3 Å². The number of ether oxygens (including phenoxy) is 1. The molecule has 1 N–H and O–H groups in total. The first-order valence-electron chi connectivity index (χ1n) is 8.73. The van der Waals surface area contributed by atoms with Gasteiger partial charge in [-0.1, -0.05) is 18.2 Å². The topological polar surface area (TPSA) is 24.5 Å². The molecule has 0 bridgehead atoms. The number of hydrogen-bond acceptors (Lipinski definition) is 3. The molecule has 1 aromatic carbocycles. The third-order valence-corrected chi connectivity index (χ3v) is 4.72. The molecule has 3 rings (SSSR count). The molecule has 2 fully saturated rings. The van der Waals surface area contributed by atoms with Crippen LogP contribution in [-0.2, 0) is 6.54 Å². The highest BCUT2D eigenvalue weighted by atomic mass is 19.4. The number of benzene rings is 1. The molecule has 1 aliphatic carbocycles. The fraction of sp³-hybridized carbons (Fsp3) is 0.667. The van der Waals surface area contributed by atoms with E-state index in [4.69, 9.17) is 4.74 Å². The van der Waals surface area contributed by atoms with Crippen LogP contribution in [0.1, 0.15) is 31.2 Å². The number of likely N-dealkylation sites (tertiary alicyclic amines) is 1. The molecule has 0 radical (unpaired) electrons. The molecular formula is C18H25F3N2O. The molecule has 1 saturated carbocycles. The molecule has 24 heavy (non-hydrogen) atoms. The Morgan fingerprint density at radius 2 is 1.79 bits per heavy atom. The van der Waals surface area contributed by atoms with Crippen LogP contribution >= 0.6 is 0 Å². The monoisotopic (exact) mass is 342 g/mol. The Labute approximate surface area is 141 Å². The summed E-state index contributed by atoms with van der Waals surface area (Å²) in [6.45, 7) is 1.68. The van der Waals surface area contributed by atoms with Gasteiger partial charge in [0.2, 0.25) is 0 Å². The van der Waals surface area contributed by atoms with Crippen molar-refractivity contribution in [2.75, 3.05) is 26.2 Å². The lowest BCUT2D eigenvalue weighted by Gasteiger charge is -2.32. The van der Waals surface area contributed by atoms with Crippen molar-refractivity contribution < 1.29 is 17.9 Å². The summed E-state index contributed by atoms with van der Waals surface area (Å²) in [6, 6.07) is 8.28. The van der Waals surface area contributed by atoms with Gasteiger partial charge in [-0.2, -0.15) is 13.2 Å². The van der Waals surface area contributed by atoms with Gasteiger partial charge in [-0.25, -0.2) is 0 Å². The maximum Gasteiger partial charge on any atom is 0.401 e. The lowest BCUT2D eigenvalue weighted by atomic mass is 10.0. The average Bonchev–Trinajstić information content (AvgIpc) is 3.36. The number of rotatable bonds is 7. The number of nitrogens with one attached hydrogen (secondary N) is 1. The predicted molar refractivity (Wildman–Crippen MR) is 87.0 cm³/mol. The van der Waals surface area contributed by atoms with Gasteiger partial charge in [0.25, 0.3) is 0 Å². The van der Waals surface area contributed by atoms with Crippen LogP contribution in [0.3, 0.4) is 0 Å². The van der Waals surface area contributed by atoms with E-state index < -0.39 is 12.7 Å². The Bertz CT molecular complexity index is 523. The Morgan fingerprint density at radius 3 is 2.46 bits per heavy atom. The molecule has 1 heterocycles. The predicted octanol–water partition coefficient (Wildman–Crippen LogP) is 3.59. The summed E-state index contributed by atoms with van der Waals surface area (Å²) in [5, 5.41) is 3.48. The van der Waals surface area contributed by atoms with Crippen molar-refractivity contribution in [3.8, 4) is 5.75 Å². The molecule has 0 unspecified atom stereocenters. The van der Waals surface area contributed by atoms with Crippen molar-refractivity contribution in [3.63, 3.8) is 0 Å². The highest BCUT2D eigenvalue weighted by Gasteiger charge is 2.32. The third kappa shape index (κ3) is 5.67. The van der Waals surface area contributed by atoms with Gasteiger partial charge in [0.15, 0.2) is 0 Å². The van der Waals surface area contributed by atoms with Crippen LogP contribution in [0.2, 0.25) is 0 Å². The third-order valence-electron chi connectivity index (χ3n) is 4.72. The minimum absolute atomic E-state index is 0.269. The SMILES string of the molecule is FC(F)(F)CN1CCC(NCc2ccccc2OCC2CC2)CC1. The highest BCUT2D eigenvalue weighted by molar-refractivity contribution is 5.33. The maximum absolute atomic E-state index is 12.4. The summed E-state index contributed by atoms with van der Waals surface area (Å²) in [7, 11) is 0. The van der Waals surface area contributed by atoms with Crippen molar-refractivity contribution in [2.45, 2.75) is 44.4 Å². The van der Waals surface area contributed by atoms with Gasteiger partial charge in [0, 0.05) is 18.2 Å². The molecule has 0 aromatic heterocycles. The maximum atomic E-state index is 12.4. The molecule has 1 aromatic rings. The molecule has 3 nitrogen and oxygen atoms in total. The van der Waals surface area contributed by atoms with Crippen LogP contribution < -0.4 is 10.1 Å². The number of nitrogens with zero attached hydrogens (tertiary/aromatic N) is 1. The number of para-hydroxylation sites is 1.